The molecular weight excluding hydrogens is 427 g/mol. The number of rotatable bonds is 4. The van der Waals surface area contributed by atoms with E-state index in [9.17, 15) is 4.79 Å². The molecule has 121 valence electrons. The first kappa shape index (κ1) is 22.9. The summed E-state index contributed by atoms with van der Waals surface area (Å²) in [5.74, 6) is -1.74. The molecule has 0 saturated heterocycles. The molecule has 2 aromatic rings. The summed E-state index contributed by atoms with van der Waals surface area (Å²) in [5.41, 5.74) is 1.62. The van der Waals surface area contributed by atoms with Gasteiger partial charge in [0, 0.05) is 42.8 Å². The molecule has 2 aromatic carbocycles. The molecule has 0 amide bonds. The van der Waals surface area contributed by atoms with Gasteiger partial charge in [0.15, 0.2) is 7.85 Å². The van der Waals surface area contributed by atoms with E-state index in [0.29, 0.717) is 27.0 Å². The smallest absolute Gasteiger partial charge is 0.307 e. The van der Waals surface area contributed by atoms with Crippen molar-refractivity contribution in [3.8, 4) is 0 Å². The van der Waals surface area contributed by atoms with Gasteiger partial charge >= 0.3 is 5.97 Å². The Hall–Kier alpha value is -1.07. The number of nitrogens with one attached hydrogen (secondary N) is 1. The second kappa shape index (κ2) is 11.5. The van der Waals surface area contributed by atoms with Crippen molar-refractivity contribution in [2.45, 2.75) is 6.42 Å². The van der Waals surface area contributed by atoms with Crippen LogP contribution in [0.15, 0.2) is 42.5 Å². The molecule has 5 nitrogen and oxygen atoms in total. The molecule has 9 heteroatoms. The fraction of sp³-hybridized carbons (Fsp3) is 0.0667. The molecule has 0 fully saturated rings. The van der Waals surface area contributed by atoms with Crippen LogP contribution in [0.2, 0.25) is 10.0 Å². The minimum absolute atomic E-state index is 0. The molecule has 24 heavy (non-hydrogen) atoms. The summed E-state index contributed by atoms with van der Waals surface area (Å²) in [4.78, 5) is 10.8. The van der Waals surface area contributed by atoms with Crippen LogP contribution in [0, 0.1) is 5.41 Å². The zero-order valence-electron chi connectivity index (χ0n) is 12.4. The predicted molar refractivity (Wildman–Crippen MR) is 93.0 cm³/mol. The molecular formula is C15H12BCl2N2O3Y-. The summed E-state index contributed by atoms with van der Waals surface area (Å²) in [7, 11) is 4.25. The normalized spacial score (nSPS) is 9.08. The summed E-state index contributed by atoms with van der Waals surface area (Å²) in [6.45, 7) is 0. The number of benzene rings is 2. The van der Waals surface area contributed by atoms with E-state index in [4.69, 9.17) is 38.8 Å². The third-order valence-electron chi connectivity index (χ3n) is 2.50. The van der Waals surface area contributed by atoms with E-state index in [0.717, 1.165) is 0 Å². The maximum absolute atomic E-state index is 10.8. The minimum atomic E-state index is -0.909. The van der Waals surface area contributed by atoms with Gasteiger partial charge in [-0.3, -0.25) is 10.2 Å². The molecule has 0 bridgehead atoms. The Labute approximate surface area is 176 Å². The van der Waals surface area contributed by atoms with Crippen molar-refractivity contribution < 1.29 is 47.7 Å². The average Bonchev–Trinajstić information content (AvgIpc) is 2.43. The third kappa shape index (κ3) is 8.15. The van der Waals surface area contributed by atoms with Gasteiger partial charge < -0.3 is 15.5 Å². The second-order valence-electron chi connectivity index (χ2n) is 4.27. The Morgan fingerprint density at radius 1 is 1.08 bits per heavy atom. The number of aliphatic carboxylic acids is 1. The SMILES string of the molecule is O=C(O)Cc1ccccc1[N-]c1c(Cl)cccc1Cl.[B]C(=N)O.[Y]. The van der Waals surface area contributed by atoms with Crippen LogP contribution >= 0.6 is 23.2 Å². The zero-order valence-corrected chi connectivity index (χ0v) is 16.8. The first-order valence-corrected chi connectivity index (χ1v) is 7.05. The van der Waals surface area contributed by atoms with E-state index in [-0.39, 0.29) is 39.1 Å². The molecule has 0 aliphatic rings. The van der Waals surface area contributed by atoms with Crippen molar-refractivity contribution in [3.05, 3.63) is 63.4 Å². The topological polar surface area (TPSA) is 95.5 Å². The third-order valence-corrected chi connectivity index (χ3v) is 3.11. The Morgan fingerprint density at radius 3 is 2.08 bits per heavy atom. The average molecular weight is 439 g/mol. The van der Waals surface area contributed by atoms with Crippen molar-refractivity contribution >= 4 is 54.2 Å². The van der Waals surface area contributed by atoms with Gasteiger partial charge in [0.2, 0.25) is 0 Å². The number of aliphatic hydroxyl groups is 1. The minimum Gasteiger partial charge on any atom is -0.655 e. The van der Waals surface area contributed by atoms with Crippen molar-refractivity contribution in [2.24, 2.45) is 0 Å². The molecule has 0 spiro atoms. The number of carboxylic acids is 1. The Morgan fingerprint density at radius 2 is 1.58 bits per heavy atom. The van der Waals surface area contributed by atoms with Crippen molar-refractivity contribution in [3.63, 3.8) is 0 Å². The quantitative estimate of drug-likeness (QED) is 0.369. The van der Waals surface area contributed by atoms with Crippen LogP contribution in [0.3, 0.4) is 0 Å². The molecule has 3 N–H and O–H groups in total. The number of halogens is 2. The van der Waals surface area contributed by atoms with Gasteiger partial charge in [-0.25, -0.2) is 0 Å². The van der Waals surface area contributed by atoms with Crippen molar-refractivity contribution in [1.29, 1.82) is 5.41 Å². The molecule has 0 atom stereocenters. The van der Waals surface area contributed by atoms with Crippen LogP contribution in [0.4, 0.5) is 11.4 Å². The van der Waals surface area contributed by atoms with Gasteiger partial charge in [-0.1, -0.05) is 64.8 Å². The van der Waals surface area contributed by atoms with Gasteiger partial charge in [-0.2, -0.15) is 0 Å². The van der Waals surface area contributed by atoms with Crippen LogP contribution in [-0.4, -0.2) is 29.8 Å². The number of aliphatic hydroxyl groups excluding tert-OH is 1. The first-order chi connectivity index (χ1) is 10.8. The largest absolute Gasteiger partial charge is 0.655 e. The van der Waals surface area contributed by atoms with Crippen LogP contribution in [0.25, 0.3) is 5.32 Å². The van der Waals surface area contributed by atoms with Crippen LogP contribution in [0.5, 0.6) is 0 Å². The van der Waals surface area contributed by atoms with E-state index in [1.807, 2.05) is 0 Å². The van der Waals surface area contributed by atoms with Gasteiger partial charge in [-0.15, -0.1) is 5.69 Å². The van der Waals surface area contributed by atoms with Crippen LogP contribution < -0.4 is 0 Å². The van der Waals surface area contributed by atoms with E-state index in [1.165, 1.54) is 0 Å². The molecule has 0 heterocycles. The number of hydrogen-bond acceptors (Lipinski definition) is 2. The summed E-state index contributed by atoms with van der Waals surface area (Å²) in [6.07, 6.45) is -0.0955. The number of hydrogen-bond donors (Lipinski definition) is 3. The summed E-state index contributed by atoms with van der Waals surface area (Å²) >= 11 is 12.1. The molecule has 0 saturated carbocycles. The number of carboxylic acid groups (broad SMARTS) is 1. The Kier molecular flexibility index (Phi) is 11.0. The molecule has 0 aliphatic heterocycles. The summed E-state index contributed by atoms with van der Waals surface area (Å²) in [5, 5.41) is 27.3. The standard InChI is InChI=1S/C14H10Cl2NO2.CH2BNO.Y/c15-10-5-3-6-11(16)14(10)17-12-7-2-1-4-9(12)8-13(18)19;2-1(3)4;/h1-7H,8H2,(H,18,19);(H2,3,4);/q-1;;. The van der Waals surface area contributed by atoms with E-state index in [2.05, 4.69) is 13.2 Å². The van der Waals surface area contributed by atoms with Crippen LogP contribution in [0.1, 0.15) is 5.56 Å². The fourth-order valence-electron chi connectivity index (χ4n) is 1.65. The second-order valence-corrected chi connectivity index (χ2v) is 5.08. The van der Waals surface area contributed by atoms with Gasteiger partial charge in [0.25, 0.3) is 0 Å². The molecule has 0 aromatic heterocycles. The van der Waals surface area contributed by atoms with Gasteiger partial charge in [0.1, 0.15) is 5.80 Å². The van der Waals surface area contributed by atoms with Crippen molar-refractivity contribution in [2.75, 3.05) is 0 Å². The summed E-state index contributed by atoms with van der Waals surface area (Å²) in [6, 6.07) is 12.1. The number of para-hydroxylation sites is 2. The number of carbonyl (C=O) groups is 1. The molecule has 2 rings (SSSR count). The van der Waals surface area contributed by atoms with Crippen molar-refractivity contribution in [1.82, 2.24) is 0 Å². The molecule has 0 unspecified atom stereocenters. The summed E-state index contributed by atoms with van der Waals surface area (Å²) < 4.78 is 0. The molecule has 3 radical (unpaired) electrons. The Bertz CT molecular complexity index is 693. The maximum atomic E-state index is 10.8. The van der Waals surface area contributed by atoms with E-state index < -0.39 is 11.8 Å². The van der Waals surface area contributed by atoms with E-state index in [1.54, 1.807) is 42.5 Å². The van der Waals surface area contributed by atoms with E-state index >= 15 is 0 Å². The first-order valence-electron chi connectivity index (χ1n) is 6.29. The van der Waals surface area contributed by atoms with Gasteiger partial charge in [-0.05, 0) is 12.1 Å². The zero-order chi connectivity index (χ0) is 17.4. The van der Waals surface area contributed by atoms with Gasteiger partial charge in [0.05, 0.1) is 6.42 Å². The fourth-order valence-corrected chi connectivity index (χ4v) is 2.13. The maximum Gasteiger partial charge on any atom is 0.307 e. The predicted octanol–water partition coefficient (Wildman–Crippen LogP) is 4.60. The Balaban J connectivity index is 0.000000954. The number of nitrogens with zero attached hydrogens (tertiary/aromatic N) is 1. The monoisotopic (exact) mass is 438 g/mol. The van der Waals surface area contributed by atoms with Crippen LogP contribution in [-0.2, 0) is 43.9 Å². The molecule has 0 aliphatic carbocycles.